The summed E-state index contributed by atoms with van der Waals surface area (Å²) in [6.45, 7) is 7.45. The molecule has 4 heteroatoms. The number of hydrogen-bond donors (Lipinski definition) is 1. The van der Waals surface area contributed by atoms with Crippen molar-refractivity contribution >= 4 is 0 Å². The van der Waals surface area contributed by atoms with E-state index in [-0.39, 0.29) is 6.10 Å². The molecular weight excluding hydrogens is 238 g/mol. The average molecular weight is 259 g/mol. The maximum Gasteiger partial charge on any atom is 0.119 e. The van der Waals surface area contributed by atoms with E-state index in [1.165, 1.54) is 0 Å². The van der Waals surface area contributed by atoms with E-state index >= 15 is 0 Å². The van der Waals surface area contributed by atoms with Gasteiger partial charge in [-0.05, 0) is 51.1 Å². The number of rotatable bonds is 5. The summed E-state index contributed by atoms with van der Waals surface area (Å²) in [4.78, 5) is 0. The highest BCUT2D eigenvalue weighted by atomic mass is 16.5. The molecule has 0 bridgehead atoms. The van der Waals surface area contributed by atoms with Crippen LogP contribution in [0.4, 0.5) is 0 Å². The minimum Gasteiger partial charge on any atom is -0.491 e. The fourth-order valence-corrected chi connectivity index (χ4v) is 2.01. The van der Waals surface area contributed by atoms with Crippen molar-refractivity contribution in [1.82, 2.24) is 9.78 Å². The first-order valence-electron chi connectivity index (χ1n) is 6.68. The number of ether oxygens (including phenoxy) is 1. The molecule has 2 aromatic rings. The van der Waals surface area contributed by atoms with Gasteiger partial charge in [0.25, 0.3) is 0 Å². The molecule has 2 N–H and O–H groups in total. The van der Waals surface area contributed by atoms with Crippen LogP contribution in [0.25, 0.3) is 11.3 Å². The van der Waals surface area contributed by atoms with Crippen LogP contribution in [-0.2, 0) is 13.1 Å². The Balaban J connectivity index is 2.24. The summed E-state index contributed by atoms with van der Waals surface area (Å²) in [6, 6.07) is 10.0. The summed E-state index contributed by atoms with van der Waals surface area (Å²) in [7, 11) is 0. The van der Waals surface area contributed by atoms with E-state index < -0.39 is 0 Å². The summed E-state index contributed by atoms with van der Waals surface area (Å²) in [5.41, 5.74) is 8.81. The molecule has 0 aliphatic carbocycles. The largest absolute Gasteiger partial charge is 0.491 e. The molecule has 0 radical (unpaired) electrons. The van der Waals surface area contributed by atoms with Gasteiger partial charge in [-0.3, -0.25) is 4.68 Å². The molecule has 0 unspecified atom stereocenters. The normalized spacial score (nSPS) is 11.0. The Bertz CT molecular complexity index is 507. The van der Waals surface area contributed by atoms with Gasteiger partial charge in [0.2, 0.25) is 0 Å². The predicted octanol–water partition coefficient (Wildman–Crippen LogP) is 2.82. The molecule has 102 valence electrons. The molecule has 4 nitrogen and oxygen atoms in total. The SMILES string of the molecule is CCn1nc(-c2ccc(OC(C)C)cc2)cc1CN. The standard InChI is InChI=1S/C15H21N3O/c1-4-18-13(10-16)9-15(17-18)12-5-7-14(8-6-12)19-11(2)3/h5-9,11H,4,10,16H2,1-3H3. The van der Waals surface area contributed by atoms with Gasteiger partial charge in [-0.2, -0.15) is 5.10 Å². The number of aryl methyl sites for hydroxylation is 1. The first kappa shape index (κ1) is 13.6. The molecule has 1 aromatic heterocycles. The lowest BCUT2D eigenvalue weighted by atomic mass is 10.1. The van der Waals surface area contributed by atoms with Crippen LogP contribution in [-0.4, -0.2) is 15.9 Å². The second kappa shape index (κ2) is 5.89. The molecule has 0 spiro atoms. The zero-order valence-electron chi connectivity index (χ0n) is 11.8. The topological polar surface area (TPSA) is 53.1 Å². The first-order chi connectivity index (χ1) is 9.13. The van der Waals surface area contributed by atoms with Crippen molar-refractivity contribution in [3.63, 3.8) is 0 Å². The van der Waals surface area contributed by atoms with Crippen LogP contribution in [0.5, 0.6) is 5.75 Å². The molecule has 0 fully saturated rings. The zero-order chi connectivity index (χ0) is 13.8. The van der Waals surface area contributed by atoms with Crippen LogP contribution >= 0.6 is 0 Å². The lowest BCUT2D eigenvalue weighted by Gasteiger charge is -2.09. The van der Waals surface area contributed by atoms with Crippen molar-refractivity contribution in [3.05, 3.63) is 36.0 Å². The van der Waals surface area contributed by atoms with Gasteiger partial charge in [0.15, 0.2) is 0 Å². The minimum atomic E-state index is 0.189. The lowest BCUT2D eigenvalue weighted by Crippen LogP contribution is -2.06. The highest BCUT2D eigenvalue weighted by Crippen LogP contribution is 2.22. The fourth-order valence-electron chi connectivity index (χ4n) is 2.01. The third-order valence-corrected chi connectivity index (χ3v) is 2.89. The molecule has 0 saturated heterocycles. The van der Waals surface area contributed by atoms with Crippen molar-refractivity contribution in [2.45, 2.75) is 40.0 Å². The molecule has 0 aliphatic rings. The second-order valence-electron chi connectivity index (χ2n) is 4.73. The quantitative estimate of drug-likeness (QED) is 0.898. The van der Waals surface area contributed by atoms with E-state index in [0.717, 1.165) is 29.2 Å². The minimum absolute atomic E-state index is 0.189. The van der Waals surface area contributed by atoms with Crippen molar-refractivity contribution in [3.8, 4) is 17.0 Å². The monoisotopic (exact) mass is 259 g/mol. The Morgan fingerprint density at radius 1 is 1.26 bits per heavy atom. The van der Waals surface area contributed by atoms with Gasteiger partial charge in [0.05, 0.1) is 17.5 Å². The first-order valence-corrected chi connectivity index (χ1v) is 6.68. The smallest absolute Gasteiger partial charge is 0.119 e. The van der Waals surface area contributed by atoms with Crippen LogP contribution < -0.4 is 10.5 Å². The van der Waals surface area contributed by atoms with Crippen molar-refractivity contribution in [2.24, 2.45) is 5.73 Å². The van der Waals surface area contributed by atoms with Gasteiger partial charge < -0.3 is 10.5 Å². The van der Waals surface area contributed by atoms with Gasteiger partial charge in [0.1, 0.15) is 5.75 Å². The Morgan fingerprint density at radius 2 is 1.95 bits per heavy atom. The van der Waals surface area contributed by atoms with Gasteiger partial charge >= 0.3 is 0 Å². The van der Waals surface area contributed by atoms with Crippen LogP contribution in [0.1, 0.15) is 26.5 Å². The zero-order valence-corrected chi connectivity index (χ0v) is 11.8. The number of nitrogens with two attached hydrogens (primary N) is 1. The number of aromatic nitrogens is 2. The van der Waals surface area contributed by atoms with E-state index in [1.54, 1.807) is 0 Å². The van der Waals surface area contributed by atoms with Crippen LogP contribution in [0.15, 0.2) is 30.3 Å². The van der Waals surface area contributed by atoms with E-state index in [1.807, 2.05) is 48.9 Å². The lowest BCUT2D eigenvalue weighted by molar-refractivity contribution is 0.242. The van der Waals surface area contributed by atoms with Gasteiger partial charge in [-0.15, -0.1) is 0 Å². The maximum atomic E-state index is 5.72. The average Bonchev–Trinajstić information content (AvgIpc) is 2.82. The summed E-state index contributed by atoms with van der Waals surface area (Å²) >= 11 is 0. The number of benzene rings is 1. The molecule has 2 rings (SSSR count). The highest BCUT2D eigenvalue weighted by molar-refractivity contribution is 5.60. The van der Waals surface area contributed by atoms with Gasteiger partial charge in [-0.1, -0.05) is 0 Å². The molecule has 1 heterocycles. The third kappa shape index (κ3) is 3.15. The predicted molar refractivity (Wildman–Crippen MR) is 77.0 cm³/mol. The van der Waals surface area contributed by atoms with Crippen LogP contribution in [0.2, 0.25) is 0 Å². The number of hydrogen-bond acceptors (Lipinski definition) is 3. The Kier molecular flexibility index (Phi) is 4.22. The summed E-state index contributed by atoms with van der Waals surface area (Å²) in [6.07, 6.45) is 0.189. The summed E-state index contributed by atoms with van der Waals surface area (Å²) in [5, 5.41) is 4.56. The fraction of sp³-hybridized carbons (Fsp3) is 0.400. The Morgan fingerprint density at radius 3 is 2.42 bits per heavy atom. The van der Waals surface area contributed by atoms with E-state index in [9.17, 15) is 0 Å². The van der Waals surface area contributed by atoms with Crippen molar-refractivity contribution in [1.29, 1.82) is 0 Å². The molecule has 0 amide bonds. The van der Waals surface area contributed by atoms with Crippen molar-refractivity contribution < 1.29 is 4.74 Å². The third-order valence-electron chi connectivity index (χ3n) is 2.89. The molecule has 19 heavy (non-hydrogen) atoms. The van der Waals surface area contributed by atoms with E-state index in [0.29, 0.717) is 6.54 Å². The highest BCUT2D eigenvalue weighted by Gasteiger charge is 2.07. The molecule has 1 aromatic carbocycles. The molecule has 0 atom stereocenters. The van der Waals surface area contributed by atoms with Crippen LogP contribution in [0, 0.1) is 0 Å². The maximum absolute atomic E-state index is 5.72. The Hall–Kier alpha value is -1.81. The molecule has 0 saturated carbocycles. The van der Waals surface area contributed by atoms with Crippen molar-refractivity contribution in [2.75, 3.05) is 0 Å². The summed E-state index contributed by atoms with van der Waals surface area (Å²) < 4.78 is 7.57. The van der Waals surface area contributed by atoms with Gasteiger partial charge in [-0.25, -0.2) is 0 Å². The summed E-state index contributed by atoms with van der Waals surface area (Å²) in [5.74, 6) is 0.882. The van der Waals surface area contributed by atoms with Crippen LogP contribution in [0.3, 0.4) is 0 Å². The number of nitrogens with zero attached hydrogens (tertiary/aromatic N) is 2. The molecular formula is C15H21N3O. The Labute approximate surface area is 114 Å². The van der Waals surface area contributed by atoms with E-state index in [2.05, 4.69) is 12.0 Å². The molecule has 0 aliphatic heterocycles. The van der Waals surface area contributed by atoms with E-state index in [4.69, 9.17) is 10.5 Å². The van der Waals surface area contributed by atoms with Gasteiger partial charge in [0, 0.05) is 18.7 Å². The second-order valence-corrected chi connectivity index (χ2v) is 4.73.